The van der Waals surface area contributed by atoms with Gasteiger partial charge in [0, 0.05) is 39.1 Å². The molecule has 0 bridgehead atoms. The molecule has 1 amide bonds. The number of anilines is 1. The van der Waals surface area contributed by atoms with Crippen molar-refractivity contribution in [2.75, 3.05) is 25.6 Å². The molecule has 8 heteroatoms. The van der Waals surface area contributed by atoms with E-state index in [9.17, 15) is 9.18 Å². The van der Waals surface area contributed by atoms with Gasteiger partial charge < -0.3 is 10.1 Å². The minimum atomic E-state index is -0.316. The highest BCUT2D eigenvalue weighted by Gasteiger charge is 2.34. The molecular weight excluding hydrogens is 325 g/mol. The fourth-order valence-electron chi connectivity index (χ4n) is 2.87. The van der Waals surface area contributed by atoms with Crippen LogP contribution < -0.4 is 16.2 Å². The molecule has 134 valence electrons. The summed E-state index contributed by atoms with van der Waals surface area (Å²) < 4.78 is 19.9. The molecule has 0 radical (unpaired) electrons. The number of hydrogen-bond acceptors (Lipinski definition) is 5. The third-order valence-corrected chi connectivity index (χ3v) is 4.18. The summed E-state index contributed by atoms with van der Waals surface area (Å²) in [6, 6.07) is 7.71. The van der Waals surface area contributed by atoms with Gasteiger partial charge in [-0.1, -0.05) is 12.1 Å². The van der Waals surface area contributed by atoms with Crippen molar-refractivity contribution in [2.24, 2.45) is 5.92 Å². The summed E-state index contributed by atoms with van der Waals surface area (Å²) >= 11 is 0. The number of carbonyl (C=O) groups is 1. The Hall–Kier alpha value is -2.29. The summed E-state index contributed by atoms with van der Waals surface area (Å²) in [5, 5.41) is 7.19. The number of hydrogen-bond donors (Lipinski definition) is 3. The van der Waals surface area contributed by atoms with Gasteiger partial charge in [0.05, 0.1) is 12.0 Å². The van der Waals surface area contributed by atoms with Crippen molar-refractivity contribution in [3.63, 3.8) is 0 Å². The molecule has 2 heterocycles. The molecule has 3 N–H and O–H groups in total. The van der Waals surface area contributed by atoms with Crippen LogP contribution in [0.15, 0.2) is 36.5 Å². The molecule has 1 fully saturated rings. The summed E-state index contributed by atoms with van der Waals surface area (Å²) in [4.78, 5) is 12.6. The predicted molar refractivity (Wildman–Crippen MR) is 91.1 cm³/mol. The topological polar surface area (TPSA) is 80.2 Å². The van der Waals surface area contributed by atoms with Crippen molar-refractivity contribution >= 4 is 11.7 Å². The fraction of sp³-hybridized carbons (Fsp3) is 0.412. The summed E-state index contributed by atoms with van der Waals surface area (Å²) in [6.45, 7) is 1.89. The molecule has 3 rings (SSSR count). The van der Waals surface area contributed by atoms with Crippen LogP contribution in [0.5, 0.6) is 0 Å². The second kappa shape index (κ2) is 8.19. The second-order valence-electron chi connectivity index (χ2n) is 5.96. The number of rotatable bonds is 7. The van der Waals surface area contributed by atoms with E-state index in [2.05, 4.69) is 21.3 Å². The molecular formula is C17H22FN5O2. The first-order chi connectivity index (χ1) is 12.2. The highest BCUT2D eigenvalue weighted by molar-refractivity contribution is 5.92. The van der Waals surface area contributed by atoms with Crippen LogP contribution in [0.3, 0.4) is 0 Å². The van der Waals surface area contributed by atoms with Gasteiger partial charge in [-0.15, -0.1) is 0 Å². The van der Waals surface area contributed by atoms with E-state index >= 15 is 0 Å². The standard InChI is InChI=1S/C17H22FN5O2/c1-25-10-2-8-23-9-7-15(22-23)20-17(24)14-11-19-21-16(14)12-3-5-13(18)6-4-12/h3-7,9,14,16,19,21H,2,8,10-11H2,1H3,(H,20,22,24). The molecule has 1 aliphatic rings. The first kappa shape index (κ1) is 17.5. The van der Waals surface area contributed by atoms with Crippen LogP contribution in [-0.4, -0.2) is 35.9 Å². The molecule has 1 saturated heterocycles. The zero-order valence-electron chi connectivity index (χ0n) is 14.0. The zero-order chi connectivity index (χ0) is 17.6. The summed E-state index contributed by atoms with van der Waals surface area (Å²) in [6.07, 6.45) is 2.68. The van der Waals surface area contributed by atoms with Crippen molar-refractivity contribution in [1.82, 2.24) is 20.6 Å². The number of amides is 1. The quantitative estimate of drug-likeness (QED) is 0.661. The highest BCUT2D eigenvalue weighted by Crippen LogP contribution is 2.26. The van der Waals surface area contributed by atoms with Crippen molar-refractivity contribution in [1.29, 1.82) is 0 Å². The van der Waals surface area contributed by atoms with Crippen LogP contribution in [0.2, 0.25) is 0 Å². The monoisotopic (exact) mass is 347 g/mol. The largest absolute Gasteiger partial charge is 0.385 e. The van der Waals surface area contributed by atoms with Gasteiger partial charge in [-0.2, -0.15) is 5.10 Å². The van der Waals surface area contributed by atoms with Crippen LogP contribution in [-0.2, 0) is 16.1 Å². The lowest BCUT2D eigenvalue weighted by molar-refractivity contribution is -0.119. The van der Waals surface area contributed by atoms with Crippen LogP contribution in [0.25, 0.3) is 0 Å². The number of ether oxygens (including phenoxy) is 1. The van der Waals surface area contributed by atoms with E-state index < -0.39 is 0 Å². The molecule has 25 heavy (non-hydrogen) atoms. The maximum Gasteiger partial charge on any atom is 0.232 e. The predicted octanol–water partition coefficient (Wildman–Crippen LogP) is 1.46. The molecule has 2 unspecified atom stereocenters. The van der Waals surface area contributed by atoms with E-state index in [0.717, 1.165) is 18.5 Å². The average molecular weight is 347 g/mol. The van der Waals surface area contributed by atoms with E-state index in [1.807, 2.05) is 6.20 Å². The molecule has 1 aromatic heterocycles. The van der Waals surface area contributed by atoms with Crippen LogP contribution in [0.1, 0.15) is 18.0 Å². The Morgan fingerprint density at radius 3 is 2.96 bits per heavy atom. The number of nitrogens with zero attached hydrogens (tertiary/aromatic N) is 2. The molecule has 0 spiro atoms. The third-order valence-electron chi connectivity index (χ3n) is 4.18. The second-order valence-corrected chi connectivity index (χ2v) is 5.96. The van der Waals surface area contributed by atoms with E-state index in [1.165, 1.54) is 12.1 Å². The summed E-state index contributed by atoms with van der Waals surface area (Å²) in [7, 11) is 1.66. The van der Waals surface area contributed by atoms with Gasteiger partial charge in [0.2, 0.25) is 5.91 Å². The SMILES string of the molecule is COCCCn1ccc(NC(=O)C2CNNC2c2ccc(F)cc2)n1. The number of carbonyl (C=O) groups excluding carboxylic acids is 1. The molecule has 0 aliphatic carbocycles. The van der Waals surface area contributed by atoms with Crippen molar-refractivity contribution < 1.29 is 13.9 Å². The van der Waals surface area contributed by atoms with Gasteiger partial charge in [-0.3, -0.25) is 14.9 Å². The van der Waals surface area contributed by atoms with Gasteiger partial charge in [-0.05, 0) is 24.1 Å². The van der Waals surface area contributed by atoms with Crippen LogP contribution >= 0.6 is 0 Å². The van der Waals surface area contributed by atoms with E-state index in [-0.39, 0.29) is 23.7 Å². The minimum Gasteiger partial charge on any atom is -0.385 e. The number of methoxy groups -OCH3 is 1. The van der Waals surface area contributed by atoms with Crippen LogP contribution in [0.4, 0.5) is 10.2 Å². The number of aromatic nitrogens is 2. The lowest BCUT2D eigenvalue weighted by Crippen LogP contribution is -2.29. The van der Waals surface area contributed by atoms with Gasteiger partial charge in [0.25, 0.3) is 0 Å². The Morgan fingerprint density at radius 2 is 2.20 bits per heavy atom. The van der Waals surface area contributed by atoms with E-state index in [1.54, 1.807) is 30.0 Å². The Balaban J connectivity index is 1.61. The lowest BCUT2D eigenvalue weighted by atomic mass is 9.94. The maximum atomic E-state index is 13.1. The third kappa shape index (κ3) is 4.41. The first-order valence-corrected chi connectivity index (χ1v) is 8.24. The molecule has 1 aromatic carbocycles. The van der Waals surface area contributed by atoms with Crippen LogP contribution in [0, 0.1) is 11.7 Å². The molecule has 1 aliphatic heterocycles. The number of nitrogens with one attached hydrogen (secondary N) is 3. The summed E-state index contributed by atoms with van der Waals surface area (Å²) in [5.74, 6) is -0.222. The van der Waals surface area contributed by atoms with Gasteiger partial charge in [-0.25, -0.2) is 9.82 Å². The zero-order valence-corrected chi connectivity index (χ0v) is 14.0. The lowest BCUT2D eigenvalue weighted by Gasteiger charge is -2.17. The number of halogens is 1. The van der Waals surface area contributed by atoms with Crippen molar-refractivity contribution in [3.05, 3.63) is 47.9 Å². The fourth-order valence-corrected chi connectivity index (χ4v) is 2.87. The Labute approximate surface area is 145 Å². The number of aryl methyl sites for hydroxylation is 1. The smallest absolute Gasteiger partial charge is 0.232 e. The molecule has 7 nitrogen and oxygen atoms in total. The summed E-state index contributed by atoms with van der Waals surface area (Å²) in [5.41, 5.74) is 6.93. The highest BCUT2D eigenvalue weighted by atomic mass is 19.1. The van der Waals surface area contributed by atoms with Gasteiger partial charge >= 0.3 is 0 Å². The Bertz CT molecular complexity index is 703. The average Bonchev–Trinajstić information content (AvgIpc) is 3.25. The number of benzene rings is 1. The van der Waals surface area contributed by atoms with E-state index in [0.29, 0.717) is 19.0 Å². The maximum absolute atomic E-state index is 13.1. The Kier molecular flexibility index (Phi) is 5.75. The van der Waals surface area contributed by atoms with Crippen molar-refractivity contribution in [3.8, 4) is 0 Å². The number of hydrazine groups is 1. The molecule has 2 aromatic rings. The molecule has 0 saturated carbocycles. The molecule has 2 atom stereocenters. The minimum absolute atomic E-state index is 0.131. The Morgan fingerprint density at radius 1 is 1.40 bits per heavy atom. The van der Waals surface area contributed by atoms with Gasteiger partial charge in [0.15, 0.2) is 5.82 Å². The van der Waals surface area contributed by atoms with E-state index in [4.69, 9.17) is 4.74 Å². The van der Waals surface area contributed by atoms with Gasteiger partial charge in [0.1, 0.15) is 5.82 Å². The normalized spacial score (nSPS) is 19.9. The van der Waals surface area contributed by atoms with Crippen molar-refractivity contribution in [2.45, 2.75) is 19.0 Å². The first-order valence-electron chi connectivity index (χ1n) is 8.24.